The van der Waals surface area contributed by atoms with Gasteiger partial charge in [0.05, 0.1) is 7.11 Å². The molecular weight excluding hydrogens is 322 g/mol. The summed E-state index contributed by atoms with van der Waals surface area (Å²) >= 11 is 0. The van der Waals surface area contributed by atoms with Gasteiger partial charge in [-0.1, -0.05) is 24.3 Å². The molecule has 0 heterocycles. The van der Waals surface area contributed by atoms with Crippen molar-refractivity contribution in [3.8, 4) is 17.2 Å². The number of methoxy groups -OCH3 is 1. The molecule has 0 aliphatic heterocycles. The predicted octanol–water partition coefficient (Wildman–Crippen LogP) is 2.97. The molecule has 0 unspecified atom stereocenters. The molecule has 1 fully saturated rings. The van der Waals surface area contributed by atoms with E-state index in [0.29, 0.717) is 30.1 Å². The van der Waals surface area contributed by atoms with Crippen molar-refractivity contribution in [2.75, 3.05) is 7.11 Å². The van der Waals surface area contributed by atoms with Gasteiger partial charge in [-0.25, -0.2) is 0 Å². The number of carboxylic acids is 1. The molecule has 0 atom stereocenters. The highest BCUT2D eigenvalue weighted by Crippen LogP contribution is 2.46. The van der Waals surface area contributed by atoms with Crippen molar-refractivity contribution >= 4 is 11.9 Å². The summed E-state index contributed by atoms with van der Waals surface area (Å²) in [5.74, 6) is 0.425. The highest BCUT2D eigenvalue weighted by Gasteiger charge is 2.56. The van der Waals surface area contributed by atoms with E-state index >= 15 is 0 Å². The number of ether oxygens (including phenoxy) is 2. The van der Waals surface area contributed by atoms with Crippen LogP contribution >= 0.6 is 0 Å². The summed E-state index contributed by atoms with van der Waals surface area (Å²) < 4.78 is 11.0. The number of carboxylic acid groups (broad SMARTS) is 1. The Morgan fingerprint density at radius 2 is 1.72 bits per heavy atom. The second-order valence-corrected chi connectivity index (χ2v) is 5.97. The molecule has 1 saturated carbocycles. The van der Waals surface area contributed by atoms with Crippen LogP contribution in [0.3, 0.4) is 0 Å². The van der Waals surface area contributed by atoms with E-state index in [1.54, 1.807) is 19.2 Å². The minimum absolute atomic E-state index is 0.281. The monoisotopic (exact) mass is 341 g/mol. The van der Waals surface area contributed by atoms with Crippen molar-refractivity contribution in [2.45, 2.75) is 19.4 Å². The van der Waals surface area contributed by atoms with E-state index in [9.17, 15) is 9.59 Å². The molecule has 6 heteroatoms. The standard InChI is InChI=1S/C19H19NO5/c1-24-15-4-2-3-5-16(15)25-14-8-6-13(7-9-14)12-20-17(21)19(10-11-19)18(22)23/h2-9H,10-12H2,1H3,(H,20,21)(H,22,23). The first-order valence-corrected chi connectivity index (χ1v) is 7.97. The molecule has 1 aliphatic rings. The van der Waals surface area contributed by atoms with Gasteiger partial charge in [0.15, 0.2) is 11.5 Å². The molecule has 0 spiro atoms. The van der Waals surface area contributed by atoms with Crippen LogP contribution in [0.5, 0.6) is 17.2 Å². The molecule has 2 aromatic carbocycles. The van der Waals surface area contributed by atoms with E-state index in [1.807, 2.05) is 36.4 Å². The second kappa shape index (κ2) is 6.84. The summed E-state index contributed by atoms with van der Waals surface area (Å²) in [6.07, 6.45) is 0.805. The fraction of sp³-hybridized carbons (Fsp3) is 0.263. The van der Waals surface area contributed by atoms with Crippen LogP contribution in [0.25, 0.3) is 0 Å². The number of benzene rings is 2. The Bertz CT molecular complexity index is 781. The third-order valence-electron chi connectivity index (χ3n) is 4.27. The average Bonchev–Trinajstić information content (AvgIpc) is 3.43. The fourth-order valence-corrected chi connectivity index (χ4v) is 2.52. The van der Waals surface area contributed by atoms with Gasteiger partial charge < -0.3 is 19.9 Å². The van der Waals surface area contributed by atoms with Gasteiger partial charge in [-0.2, -0.15) is 0 Å². The van der Waals surface area contributed by atoms with Crippen LogP contribution in [0.15, 0.2) is 48.5 Å². The molecule has 2 aromatic rings. The molecule has 2 N–H and O–H groups in total. The van der Waals surface area contributed by atoms with Crippen molar-refractivity contribution in [3.05, 3.63) is 54.1 Å². The number of carbonyl (C=O) groups excluding carboxylic acids is 1. The van der Waals surface area contributed by atoms with Crippen molar-refractivity contribution in [2.24, 2.45) is 5.41 Å². The van der Waals surface area contributed by atoms with Crippen LogP contribution in [0, 0.1) is 5.41 Å². The van der Waals surface area contributed by atoms with Crippen LogP contribution in [-0.2, 0) is 16.1 Å². The first-order valence-electron chi connectivity index (χ1n) is 7.97. The quantitative estimate of drug-likeness (QED) is 0.756. The Morgan fingerprint density at radius 3 is 2.28 bits per heavy atom. The van der Waals surface area contributed by atoms with Crippen LogP contribution < -0.4 is 14.8 Å². The summed E-state index contributed by atoms with van der Waals surface area (Å²) in [5, 5.41) is 11.8. The molecule has 3 rings (SSSR count). The third kappa shape index (κ3) is 3.57. The Morgan fingerprint density at radius 1 is 1.08 bits per heavy atom. The molecule has 0 radical (unpaired) electrons. The lowest BCUT2D eigenvalue weighted by Gasteiger charge is -2.12. The summed E-state index contributed by atoms with van der Waals surface area (Å²) in [7, 11) is 1.58. The van der Waals surface area contributed by atoms with E-state index in [0.717, 1.165) is 5.56 Å². The number of hydrogen-bond acceptors (Lipinski definition) is 4. The number of para-hydroxylation sites is 2. The molecule has 0 bridgehead atoms. The molecule has 0 saturated heterocycles. The number of aliphatic carboxylic acids is 1. The molecular formula is C19H19NO5. The number of nitrogens with one attached hydrogen (secondary N) is 1. The number of amides is 1. The third-order valence-corrected chi connectivity index (χ3v) is 4.27. The van der Waals surface area contributed by atoms with Gasteiger partial charge >= 0.3 is 5.97 Å². The largest absolute Gasteiger partial charge is 0.493 e. The van der Waals surface area contributed by atoms with Gasteiger partial charge in [0, 0.05) is 6.54 Å². The predicted molar refractivity (Wildman–Crippen MR) is 90.7 cm³/mol. The Kier molecular flexibility index (Phi) is 4.61. The lowest BCUT2D eigenvalue weighted by Crippen LogP contribution is -2.36. The SMILES string of the molecule is COc1ccccc1Oc1ccc(CNC(=O)C2(C(=O)O)CC2)cc1. The average molecular weight is 341 g/mol. The molecule has 25 heavy (non-hydrogen) atoms. The number of rotatable bonds is 7. The van der Waals surface area contributed by atoms with Gasteiger partial charge in [0.25, 0.3) is 0 Å². The van der Waals surface area contributed by atoms with Crippen LogP contribution in [0.1, 0.15) is 18.4 Å². The summed E-state index contributed by atoms with van der Waals surface area (Å²) in [6, 6.07) is 14.6. The van der Waals surface area contributed by atoms with Crippen molar-refractivity contribution in [1.29, 1.82) is 0 Å². The van der Waals surface area contributed by atoms with E-state index in [2.05, 4.69) is 5.32 Å². The fourth-order valence-electron chi connectivity index (χ4n) is 2.52. The number of carbonyl (C=O) groups is 2. The van der Waals surface area contributed by atoms with Gasteiger partial charge in [0.2, 0.25) is 5.91 Å². The van der Waals surface area contributed by atoms with E-state index < -0.39 is 17.3 Å². The van der Waals surface area contributed by atoms with E-state index in [1.165, 1.54) is 0 Å². The molecule has 0 aromatic heterocycles. The molecule has 1 aliphatic carbocycles. The first kappa shape index (κ1) is 16.8. The topological polar surface area (TPSA) is 84.9 Å². The van der Waals surface area contributed by atoms with Crippen LogP contribution in [-0.4, -0.2) is 24.1 Å². The Labute approximate surface area is 145 Å². The minimum Gasteiger partial charge on any atom is -0.493 e. The summed E-state index contributed by atoms with van der Waals surface area (Å²) in [5.41, 5.74) is -0.352. The normalized spacial score (nSPS) is 14.4. The van der Waals surface area contributed by atoms with Gasteiger partial charge in [-0.05, 0) is 42.7 Å². The van der Waals surface area contributed by atoms with Crippen LogP contribution in [0.2, 0.25) is 0 Å². The highest BCUT2D eigenvalue weighted by molar-refractivity contribution is 6.04. The van der Waals surface area contributed by atoms with Gasteiger partial charge in [-0.3, -0.25) is 9.59 Å². The van der Waals surface area contributed by atoms with Crippen LogP contribution in [0.4, 0.5) is 0 Å². The maximum Gasteiger partial charge on any atom is 0.319 e. The summed E-state index contributed by atoms with van der Waals surface area (Å²) in [4.78, 5) is 23.1. The Balaban J connectivity index is 1.59. The maximum absolute atomic E-state index is 12.0. The van der Waals surface area contributed by atoms with Gasteiger partial charge in [0.1, 0.15) is 11.2 Å². The maximum atomic E-state index is 12.0. The smallest absolute Gasteiger partial charge is 0.319 e. The minimum atomic E-state index is -1.22. The van der Waals surface area contributed by atoms with Gasteiger partial charge in [-0.15, -0.1) is 0 Å². The van der Waals surface area contributed by atoms with E-state index in [-0.39, 0.29) is 6.54 Å². The van der Waals surface area contributed by atoms with Crippen molar-refractivity contribution in [3.63, 3.8) is 0 Å². The molecule has 1 amide bonds. The number of hydrogen-bond donors (Lipinski definition) is 2. The zero-order valence-corrected chi connectivity index (χ0v) is 13.8. The van der Waals surface area contributed by atoms with E-state index in [4.69, 9.17) is 14.6 Å². The highest BCUT2D eigenvalue weighted by atomic mass is 16.5. The van der Waals surface area contributed by atoms with Crippen molar-refractivity contribution in [1.82, 2.24) is 5.32 Å². The summed E-state index contributed by atoms with van der Waals surface area (Å²) in [6.45, 7) is 0.281. The molecule has 130 valence electrons. The molecule has 6 nitrogen and oxygen atoms in total. The zero-order chi connectivity index (χ0) is 17.9. The van der Waals surface area contributed by atoms with Crippen molar-refractivity contribution < 1.29 is 24.2 Å². The zero-order valence-electron chi connectivity index (χ0n) is 13.8. The lowest BCUT2D eigenvalue weighted by molar-refractivity contribution is -0.149. The Hall–Kier alpha value is -3.02. The second-order valence-electron chi connectivity index (χ2n) is 5.97. The first-order chi connectivity index (χ1) is 12.0. The lowest BCUT2D eigenvalue weighted by atomic mass is 10.1.